The molecule has 12 heteroatoms. The third-order valence-corrected chi connectivity index (χ3v) is 7.08. The van der Waals surface area contributed by atoms with Gasteiger partial charge in [-0.3, -0.25) is 4.98 Å². The van der Waals surface area contributed by atoms with Gasteiger partial charge in [0.15, 0.2) is 11.0 Å². The van der Waals surface area contributed by atoms with E-state index in [2.05, 4.69) is 80.5 Å². The second-order valence-corrected chi connectivity index (χ2v) is 11.5. The van der Waals surface area contributed by atoms with Crippen LogP contribution in [-0.2, 0) is 11.8 Å². The molecule has 1 aliphatic carbocycles. The number of nitrogens with one attached hydrogen (secondary N) is 2. The lowest BCUT2D eigenvalue weighted by molar-refractivity contribution is 0.456. The predicted octanol–water partition coefficient (Wildman–Crippen LogP) is 6.10. The predicted molar refractivity (Wildman–Crippen MR) is 166 cm³/mol. The van der Waals surface area contributed by atoms with Gasteiger partial charge < -0.3 is 20.8 Å². The van der Waals surface area contributed by atoms with Crippen molar-refractivity contribution in [2.75, 3.05) is 17.3 Å². The number of hydrogen-bond acceptors (Lipinski definition) is 10. The Hall–Kier alpha value is -4.97. The van der Waals surface area contributed by atoms with Gasteiger partial charge in [-0.15, -0.1) is 10.2 Å². The van der Waals surface area contributed by atoms with Crippen LogP contribution in [0.2, 0.25) is 0 Å². The SMILES string of the molecule is CSc1nc(N)cc(Oc2ccc(-c3nnc(Nc4cc(C(C)(C)C)nn4C4=Cc5ncccc5CC=C4)[nH]3)cc2)n1. The van der Waals surface area contributed by atoms with Gasteiger partial charge in [0.2, 0.25) is 11.8 Å². The van der Waals surface area contributed by atoms with Gasteiger partial charge in [-0.05, 0) is 60.7 Å². The number of ether oxygens (including phenoxy) is 1. The van der Waals surface area contributed by atoms with E-state index in [0.717, 1.165) is 34.9 Å². The van der Waals surface area contributed by atoms with E-state index in [0.29, 0.717) is 34.4 Å². The van der Waals surface area contributed by atoms with E-state index in [4.69, 9.17) is 15.6 Å². The third kappa shape index (κ3) is 5.88. The minimum Gasteiger partial charge on any atom is -0.439 e. The van der Waals surface area contributed by atoms with Crippen molar-refractivity contribution in [1.29, 1.82) is 0 Å². The number of allylic oxidation sites excluding steroid dienone is 3. The van der Waals surface area contributed by atoms with Crippen molar-refractivity contribution in [2.45, 2.75) is 37.8 Å². The monoisotopic (exact) mass is 578 g/mol. The van der Waals surface area contributed by atoms with E-state index in [1.54, 1.807) is 6.07 Å². The summed E-state index contributed by atoms with van der Waals surface area (Å²) in [7, 11) is 0. The van der Waals surface area contributed by atoms with Crippen LogP contribution >= 0.6 is 11.8 Å². The molecule has 4 heterocycles. The van der Waals surface area contributed by atoms with Gasteiger partial charge in [-0.2, -0.15) is 10.1 Å². The summed E-state index contributed by atoms with van der Waals surface area (Å²) >= 11 is 1.40. The minimum atomic E-state index is -0.155. The molecule has 0 fully saturated rings. The molecule has 0 spiro atoms. The van der Waals surface area contributed by atoms with Crippen molar-refractivity contribution in [1.82, 2.24) is 39.9 Å². The quantitative estimate of drug-likeness (QED) is 0.153. The molecule has 0 bridgehead atoms. The van der Waals surface area contributed by atoms with Crippen molar-refractivity contribution in [3.8, 4) is 23.0 Å². The van der Waals surface area contributed by atoms with Crippen LogP contribution in [0.15, 0.2) is 72.0 Å². The van der Waals surface area contributed by atoms with Crippen LogP contribution in [0.4, 0.5) is 17.6 Å². The molecule has 0 radical (unpaired) electrons. The normalized spacial score (nSPS) is 12.9. The van der Waals surface area contributed by atoms with Crippen LogP contribution < -0.4 is 15.8 Å². The molecule has 11 nitrogen and oxygen atoms in total. The molecule has 0 saturated carbocycles. The first-order valence-corrected chi connectivity index (χ1v) is 14.6. The molecule has 4 aromatic heterocycles. The van der Waals surface area contributed by atoms with Gasteiger partial charge in [0.05, 0.1) is 17.1 Å². The summed E-state index contributed by atoms with van der Waals surface area (Å²) in [6.45, 7) is 6.41. The van der Waals surface area contributed by atoms with Gasteiger partial charge in [-0.1, -0.05) is 44.7 Å². The fourth-order valence-corrected chi connectivity index (χ4v) is 4.73. The second kappa shape index (κ2) is 11.1. The summed E-state index contributed by atoms with van der Waals surface area (Å²) in [5.41, 5.74) is 10.5. The van der Waals surface area contributed by atoms with Crippen molar-refractivity contribution < 1.29 is 4.74 Å². The molecular weight excluding hydrogens is 548 g/mol. The highest BCUT2D eigenvalue weighted by Gasteiger charge is 2.22. The van der Waals surface area contributed by atoms with Crippen molar-refractivity contribution in [2.24, 2.45) is 0 Å². The van der Waals surface area contributed by atoms with E-state index in [9.17, 15) is 0 Å². The van der Waals surface area contributed by atoms with E-state index in [1.165, 1.54) is 17.3 Å². The molecule has 6 rings (SSSR count). The molecule has 5 aromatic rings. The minimum absolute atomic E-state index is 0.155. The highest BCUT2D eigenvalue weighted by atomic mass is 32.2. The largest absolute Gasteiger partial charge is 0.439 e. The smallest absolute Gasteiger partial charge is 0.227 e. The molecule has 212 valence electrons. The van der Waals surface area contributed by atoms with Gasteiger partial charge in [0.1, 0.15) is 17.4 Å². The van der Waals surface area contributed by atoms with Gasteiger partial charge in [-0.25, -0.2) is 9.67 Å². The molecule has 0 saturated heterocycles. The highest BCUT2D eigenvalue weighted by molar-refractivity contribution is 7.98. The Morgan fingerprint density at radius 3 is 2.69 bits per heavy atom. The Kier molecular flexibility index (Phi) is 7.21. The summed E-state index contributed by atoms with van der Waals surface area (Å²) in [4.78, 5) is 16.3. The number of rotatable bonds is 7. The number of aromatic nitrogens is 8. The first-order chi connectivity index (χ1) is 20.2. The lowest BCUT2D eigenvalue weighted by atomic mass is 9.92. The lowest BCUT2D eigenvalue weighted by Gasteiger charge is -2.14. The van der Waals surface area contributed by atoms with Gasteiger partial charge >= 0.3 is 0 Å². The Morgan fingerprint density at radius 2 is 1.90 bits per heavy atom. The topological polar surface area (TPSA) is 145 Å². The standard InChI is InChI=1S/C30H30N10OS/c1-30(2,3)23-16-25(40(39-23)20-9-5-7-18-8-6-14-32-22(18)15-20)34-28-36-27(37-38-28)19-10-12-21(13-11-19)41-26-17-24(31)33-29(35-26)42-4/h5-6,8-17H,7H2,1-4H3,(H2,31,33,35)(H2,34,36,37,38). The summed E-state index contributed by atoms with van der Waals surface area (Å²) in [6, 6.07) is 15.1. The van der Waals surface area contributed by atoms with E-state index in [-0.39, 0.29) is 5.41 Å². The van der Waals surface area contributed by atoms with Crippen molar-refractivity contribution in [3.05, 3.63) is 83.8 Å². The zero-order valence-electron chi connectivity index (χ0n) is 23.7. The van der Waals surface area contributed by atoms with Crippen molar-refractivity contribution in [3.63, 3.8) is 0 Å². The maximum absolute atomic E-state index is 5.88. The zero-order valence-corrected chi connectivity index (χ0v) is 24.5. The van der Waals surface area contributed by atoms with Crippen LogP contribution in [0.5, 0.6) is 11.6 Å². The molecule has 1 aliphatic rings. The van der Waals surface area contributed by atoms with Crippen LogP contribution in [-0.4, -0.2) is 46.2 Å². The van der Waals surface area contributed by atoms with Gasteiger partial charge in [0.25, 0.3) is 0 Å². The molecule has 4 N–H and O–H groups in total. The molecule has 0 unspecified atom stereocenters. The number of pyridine rings is 1. The Labute approximate surface area is 247 Å². The van der Waals surface area contributed by atoms with Crippen LogP contribution in [0, 0.1) is 0 Å². The number of benzene rings is 1. The molecule has 0 amide bonds. The van der Waals surface area contributed by atoms with E-state index < -0.39 is 0 Å². The Bertz CT molecular complexity index is 1800. The maximum atomic E-state index is 5.88. The number of anilines is 3. The summed E-state index contributed by atoms with van der Waals surface area (Å²) < 4.78 is 7.77. The fourth-order valence-electron chi connectivity index (χ4n) is 4.35. The summed E-state index contributed by atoms with van der Waals surface area (Å²) in [5, 5.41) is 17.6. The van der Waals surface area contributed by atoms with E-state index in [1.807, 2.05) is 53.5 Å². The number of nitrogen functional groups attached to an aromatic ring is 1. The average Bonchev–Trinajstić information content (AvgIpc) is 3.55. The number of aromatic amines is 1. The zero-order chi connectivity index (χ0) is 29.3. The molecule has 1 aromatic carbocycles. The average molecular weight is 579 g/mol. The van der Waals surface area contributed by atoms with Crippen molar-refractivity contribution >= 4 is 41.1 Å². The number of nitrogens with zero attached hydrogens (tertiary/aromatic N) is 7. The van der Waals surface area contributed by atoms with Gasteiger partial charge in [0, 0.05) is 29.3 Å². The number of fused-ring (bicyclic) bond motifs is 1. The lowest BCUT2D eigenvalue weighted by Crippen LogP contribution is -2.12. The highest BCUT2D eigenvalue weighted by Crippen LogP contribution is 2.31. The van der Waals surface area contributed by atoms with E-state index >= 15 is 0 Å². The molecule has 42 heavy (non-hydrogen) atoms. The summed E-state index contributed by atoms with van der Waals surface area (Å²) in [6.07, 6.45) is 10.7. The number of hydrogen-bond donors (Lipinski definition) is 3. The Morgan fingerprint density at radius 1 is 1.07 bits per heavy atom. The maximum Gasteiger partial charge on any atom is 0.227 e. The number of nitrogens with two attached hydrogens (primary N) is 1. The second-order valence-electron chi connectivity index (χ2n) is 10.7. The fraction of sp³-hybridized carbons (Fsp3) is 0.200. The first-order valence-electron chi connectivity index (χ1n) is 13.3. The number of H-pyrrole nitrogens is 1. The molecule has 0 atom stereocenters. The third-order valence-electron chi connectivity index (χ3n) is 6.53. The summed E-state index contributed by atoms with van der Waals surface area (Å²) in [5.74, 6) is 3.21. The molecular formula is C30H30N10OS. The first kappa shape index (κ1) is 27.2. The molecule has 0 aliphatic heterocycles. The Balaban J connectivity index is 1.25. The van der Waals surface area contributed by atoms with Crippen LogP contribution in [0.25, 0.3) is 23.2 Å². The number of thioether (sulfide) groups is 1. The van der Waals surface area contributed by atoms with Crippen LogP contribution in [0.3, 0.4) is 0 Å². The van der Waals surface area contributed by atoms with Crippen LogP contribution in [0.1, 0.15) is 37.7 Å².